The summed E-state index contributed by atoms with van der Waals surface area (Å²) in [7, 11) is 5.16. The number of hydrogen-bond acceptors (Lipinski definition) is 3. The van der Waals surface area contributed by atoms with Crippen molar-refractivity contribution in [1.29, 1.82) is 0 Å². The molecule has 0 amide bonds. The molecule has 2 aromatic carbocycles. The topological polar surface area (TPSA) is 49.7 Å². The molecular formula is C16H12BF7O3. The van der Waals surface area contributed by atoms with Gasteiger partial charge < -0.3 is 14.9 Å². The summed E-state index contributed by atoms with van der Waals surface area (Å²) < 4.78 is 95.8. The average molecular weight is 396 g/mol. The Labute approximate surface area is 150 Å². The van der Waals surface area contributed by atoms with Crippen LogP contribution in [0.4, 0.5) is 30.7 Å². The van der Waals surface area contributed by atoms with Crippen LogP contribution in [-0.2, 0) is 0 Å². The van der Waals surface area contributed by atoms with E-state index in [4.69, 9.17) is 7.85 Å². The van der Waals surface area contributed by atoms with Crippen LogP contribution < -0.4 is 10.2 Å². The van der Waals surface area contributed by atoms with Crippen LogP contribution in [0.15, 0.2) is 6.07 Å². The van der Waals surface area contributed by atoms with Gasteiger partial charge in [0, 0.05) is 5.56 Å². The van der Waals surface area contributed by atoms with Crippen LogP contribution in [-0.4, -0.2) is 24.4 Å². The molecule has 0 fully saturated rings. The third kappa shape index (κ3) is 4.22. The molecule has 2 radical (unpaired) electrons. The van der Waals surface area contributed by atoms with E-state index in [0.717, 1.165) is 0 Å². The highest BCUT2D eigenvalue weighted by atomic mass is 19.4. The van der Waals surface area contributed by atoms with Gasteiger partial charge in [0.15, 0.2) is 34.8 Å². The van der Waals surface area contributed by atoms with Crippen LogP contribution in [0.25, 0.3) is 11.1 Å². The molecule has 0 bridgehead atoms. The van der Waals surface area contributed by atoms with Crippen molar-refractivity contribution in [3.63, 3.8) is 0 Å². The highest BCUT2D eigenvalue weighted by molar-refractivity contribution is 6.35. The smallest absolute Gasteiger partial charge is 0.507 e. The van der Waals surface area contributed by atoms with E-state index in [1.807, 2.05) is 13.8 Å². The molecule has 2 aromatic rings. The fourth-order valence-electron chi connectivity index (χ4n) is 2.09. The summed E-state index contributed by atoms with van der Waals surface area (Å²) in [5, 5.41) is 19.5. The minimum absolute atomic E-state index is 0.366. The second-order valence-corrected chi connectivity index (χ2v) is 4.84. The molecule has 27 heavy (non-hydrogen) atoms. The van der Waals surface area contributed by atoms with Crippen molar-refractivity contribution in [1.82, 2.24) is 0 Å². The molecule has 0 aromatic heterocycles. The largest absolute Gasteiger partial charge is 0.573 e. The van der Waals surface area contributed by atoms with Gasteiger partial charge in [-0.25, -0.2) is 17.6 Å². The zero-order chi connectivity index (χ0) is 21.3. The molecule has 0 atom stereocenters. The van der Waals surface area contributed by atoms with E-state index in [-0.39, 0.29) is 0 Å². The van der Waals surface area contributed by atoms with Gasteiger partial charge in [-0.05, 0) is 18.5 Å². The quantitative estimate of drug-likeness (QED) is 0.451. The fourth-order valence-corrected chi connectivity index (χ4v) is 2.09. The van der Waals surface area contributed by atoms with Gasteiger partial charge in [0.2, 0.25) is 0 Å². The lowest BCUT2D eigenvalue weighted by atomic mass is 9.89. The Bertz CT molecular complexity index is 838. The molecule has 2 rings (SSSR count). The van der Waals surface area contributed by atoms with Crippen molar-refractivity contribution < 1.29 is 45.7 Å². The summed E-state index contributed by atoms with van der Waals surface area (Å²) >= 11 is 0. The van der Waals surface area contributed by atoms with E-state index in [1.165, 1.54) is 0 Å². The SMILES string of the molecule is CC.[B]c1cc(O)c(-c2c(F)c(F)c(C)c(F)c2F)c(O)c1OC(F)(F)F. The lowest BCUT2D eigenvalue weighted by Crippen LogP contribution is -2.22. The molecule has 2 N–H and O–H groups in total. The van der Waals surface area contributed by atoms with E-state index in [2.05, 4.69) is 4.74 Å². The number of hydrogen-bond donors (Lipinski definition) is 2. The van der Waals surface area contributed by atoms with E-state index in [0.29, 0.717) is 13.0 Å². The Morgan fingerprint density at radius 3 is 1.74 bits per heavy atom. The zero-order valence-electron chi connectivity index (χ0n) is 14.1. The molecule has 0 saturated carbocycles. The summed E-state index contributed by atoms with van der Waals surface area (Å²) in [4.78, 5) is 0. The highest BCUT2D eigenvalue weighted by Crippen LogP contribution is 2.46. The van der Waals surface area contributed by atoms with Crippen LogP contribution in [0.3, 0.4) is 0 Å². The zero-order valence-corrected chi connectivity index (χ0v) is 14.1. The maximum absolute atomic E-state index is 14.0. The molecule has 146 valence electrons. The van der Waals surface area contributed by atoms with Crippen LogP contribution in [0.2, 0.25) is 0 Å². The predicted octanol–water partition coefficient (Wildman–Crippen LogP) is 4.35. The Morgan fingerprint density at radius 2 is 1.33 bits per heavy atom. The number of halogens is 7. The average Bonchev–Trinajstić information content (AvgIpc) is 2.59. The number of aromatic hydroxyl groups is 2. The van der Waals surface area contributed by atoms with E-state index < -0.39 is 69.0 Å². The van der Waals surface area contributed by atoms with Gasteiger partial charge in [0.1, 0.15) is 13.6 Å². The molecule has 3 nitrogen and oxygen atoms in total. The maximum Gasteiger partial charge on any atom is 0.573 e. The maximum atomic E-state index is 14.0. The monoisotopic (exact) mass is 396 g/mol. The Hall–Kier alpha value is -2.59. The summed E-state index contributed by atoms with van der Waals surface area (Å²) in [6, 6.07) is 0.366. The first kappa shape index (κ1) is 22.5. The highest BCUT2D eigenvalue weighted by Gasteiger charge is 2.35. The van der Waals surface area contributed by atoms with Crippen LogP contribution >= 0.6 is 0 Å². The van der Waals surface area contributed by atoms with Gasteiger partial charge in [-0.1, -0.05) is 13.8 Å². The first-order valence-corrected chi connectivity index (χ1v) is 7.29. The third-order valence-corrected chi connectivity index (χ3v) is 3.21. The predicted molar refractivity (Wildman–Crippen MR) is 83.2 cm³/mol. The molecule has 11 heteroatoms. The van der Waals surface area contributed by atoms with Crippen molar-refractivity contribution >= 4 is 13.3 Å². The van der Waals surface area contributed by atoms with Crippen molar-refractivity contribution in [3.05, 3.63) is 34.9 Å². The second kappa shape index (κ2) is 7.97. The standard InChI is InChI=1S/C14H6BF7O3.C2H6/c1-3-8(16)10(18)7(11(19)9(3)17)6-5(23)2-4(15)13(12(6)24)25-14(20,21)22;1-2/h2,23-24H,1H3;1-2H3. The van der Waals surface area contributed by atoms with E-state index >= 15 is 0 Å². The van der Waals surface area contributed by atoms with Gasteiger partial charge in [0.25, 0.3) is 0 Å². The molecule has 0 aliphatic carbocycles. The number of phenols is 2. The first-order chi connectivity index (χ1) is 12.4. The van der Waals surface area contributed by atoms with Crippen molar-refractivity contribution in [2.45, 2.75) is 27.1 Å². The fraction of sp³-hybridized carbons (Fsp3) is 0.250. The molecule has 0 unspecified atom stereocenters. The van der Waals surface area contributed by atoms with Crippen LogP contribution in [0.5, 0.6) is 17.2 Å². The molecule has 0 aliphatic rings. The number of rotatable bonds is 2. The first-order valence-electron chi connectivity index (χ1n) is 7.29. The van der Waals surface area contributed by atoms with Crippen molar-refractivity contribution in [2.24, 2.45) is 0 Å². The van der Waals surface area contributed by atoms with Crippen molar-refractivity contribution in [3.8, 4) is 28.4 Å². The van der Waals surface area contributed by atoms with E-state index in [9.17, 15) is 40.9 Å². The second-order valence-electron chi connectivity index (χ2n) is 4.84. The molecule has 0 heterocycles. The molecule has 0 aliphatic heterocycles. The molecule has 0 saturated heterocycles. The number of benzene rings is 2. The van der Waals surface area contributed by atoms with Crippen molar-refractivity contribution in [2.75, 3.05) is 0 Å². The van der Waals surface area contributed by atoms with Crippen LogP contribution in [0, 0.1) is 30.2 Å². The van der Waals surface area contributed by atoms with E-state index in [1.54, 1.807) is 0 Å². The summed E-state index contributed by atoms with van der Waals surface area (Å²) in [5.41, 5.74) is -4.96. The number of ether oxygens (including phenoxy) is 1. The lowest BCUT2D eigenvalue weighted by Gasteiger charge is -2.18. The van der Waals surface area contributed by atoms with Gasteiger partial charge >= 0.3 is 6.36 Å². The number of phenolic OH excluding ortho intramolecular Hbond substituents is 2. The van der Waals surface area contributed by atoms with Crippen LogP contribution in [0.1, 0.15) is 19.4 Å². The van der Waals surface area contributed by atoms with Gasteiger partial charge in [-0.3, -0.25) is 0 Å². The Morgan fingerprint density at radius 1 is 0.889 bits per heavy atom. The van der Waals surface area contributed by atoms with Gasteiger partial charge in [-0.15, -0.1) is 13.2 Å². The Kier molecular flexibility index (Phi) is 6.63. The lowest BCUT2D eigenvalue weighted by molar-refractivity contribution is -0.274. The minimum Gasteiger partial charge on any atom is -0.507 e. The Balaban J connectivity index is 0.00000176. The molecule has 0 spiro atoms. The van der Waals surface area contributed by atoms with Gasteiger partial charge in [0.05, 0.1) is 11.1 Å². The third-order valence-electron chi connectivity index (χ3n) is 3.21. The minimum atomic E-state index is -5.36. The summed E-state index contributed by atoms with van der Waals surface area (Å²) in [5.74, 6) is -12.2. The summed E-state index contributed by atoms with van der Waals surface area (Å²) in [6.45, 7) is 4.71. The normalized spacial score (nSPS) is 11.0. The van der Waals surface area contributed by atoms with Gasteiger partial charge in [-0.2, -0.15) is 0 Å². The number of alkyl halides is 3. The molecular weight excluding hydrogens is 384 g/mol. The summed E-state index contributed by atoms with van der Waals surface area (Å²) in [6.07, 6.45) is -5.36.